The van der Waals surface area contributed by atoms with Crippen LogP contribution in [0.3, 0.4) is 0 Å². The van der Waals surface area contributed by atoms with Crippen molar-refractivity contribution in [3.63, 3.8) is 0 Å². The van der Waals surface area contributed by atoms with Crippen LogP contribution in [-0.2, 0) is 6.42 Å². The van der Waals surface area contributed by atoms with E-state index in [1.807, 2.05) is 18.2 Å². The second kappa shape index (κ2) is 5.55. The standard InChI is InChI=1S/C14H16N2O/c1-11-4-2-5-12(10-11)13-7-8-15-14(16-13)6-3-9-17/h2,4-5,7-8,10,17H,3,6,9H2,1H3. The van der Waals surface area contributed by atoms with Crippen LogP contribution in [0.5, 0.6) is 0 Å². The highest BCUT2D eigenvalue weighted by Gasteiger charge is 2.02. The van der Waals surface area contributed by atoms with Crippen molar-refractivity contribution in [2.24, 2.45) is 0 Å². The third-order valence-electron chi connectivity index (χ3n) is 2.58. The summed E-state index contributed by atoms with van der Waals surface area (Å²) in [6.45, 7) is 2.25. The van der Waals surface area contributed by atoms with Crippen molar-refractivity contribution < 1.29 is 5.11 Å². The largest absolute Gasteiger partial charge is 0.396 e. The third kappa shape index (κ3) is 3.11. The summed E-state index contributed by atoms with van der Waals surface area (Å²) in [4.78, 5) is 8.70. The molecule has 3 nitrogen and oxygen atoms in total. The van der Waals surface area contributed by atoms with E-state index in [1.165, 1.54) is 5.56 Å². The molecule has 0 unspecified atom stereocenters. The molecule has 0 saturated heterocycles. The summed E-state index contributed by atoms with van der Waals surface area (Å²) >= 11 is 0. The van der Waals surface area contributed by atoms with Crippen molar-refractivity contribution in [3.8, 4) is 11.3 Å². The summed E-state index contributed by atoms with van der Waals surface area (Å²) in [5, 5.41) is 8.79. The van der Waals surface area contributed by atoms with E-state index >= 15 is 0 Å². The molecule has 3 heteroatoms. The van der Waals surface area contributed by atoms with Crippen LogP contribution >= 0.6 is 0 Å². The molecule has 1 aromatic heterocycles. The first-order valence-electron chi connectivity index (χ1n) is 5.79. The Morgan fingerprint density at radius 1 is 1.24 bits per heavy atom. The third-order valence-corrected chi connectivity index (χ3v) is 2.58. The molecule has 1 heterocycles. The SMILES string of the molecule is Cc1cccc(-c2ccnc(CCCO)n2)c1. The first-order valence-corrected chi connectivity index (χ1v) is 5.79. The van der Waals surface area contributed by atoms with Crippen molar-refractivity contribution in [1.29, 1.82) is 0 Å². The fraction of sp³-hybridized carbons (Fsp3) is 0.286. The van der Waals surface area contributed by atoms with Gasteiger partial charge in [0.15, 0.2) is 0 Å². The quantitative estimate of drug-likeness (QED) is 0.873. The van der Waals surface area contributed by atoms with E-state index in [2.05, 4.69) is 29.0 Å². The molecule has 88 valence electrons. The molecule has 0 amide bonds. The van der Waals surface area contributed by atoms with E-state index in [9.17, 15) is 0 Å². The fourth-order valence-electron chi connectivity index (χ4n) is 1.72. The van der Waals surface area contributed by atoms with Crippen molar-refractivity contribution in [2.45, 2.75) is 19.8 Å². The number of nitrogens with zero attached hydrogens (tertiary/aromatic N) is 2. The minimum absolute atomic E-state index is 0.179. The lowest BCUT2D eigenvalue weighted by Crippen LogP contribution is -1.98. The summed E-state index contributed by atoms with van der Waals surface area (Å²) in [6.07, 6.45) is 3.20. The Balaban J connectivity index is 2.26. The molecule has 0 bridgehead atoms. The van der Waals surface area contributed by atoms with E-state index in [1.54, 1.807) is 6.20 Å². The van der Waals surface area contributed by atoms with Gasteiger partial charge in [0.2, 0.25) is 0 Å². The van der Waals surface area contributed by atoms with Gasteiger partial charge in [-0.05, 0) is 25.5 Å². The van der Waals surface area contributed by atoms with Gasteiger partial charge < -0.3 is 5.11 Å². The normalized spacial score (nSPS) is 10.5. The first-order chi connectivity index (χ1) is 8.29. The van der Waals surface area contributed by atoms with Gasteiger partial charge in [0.25, 0.3) is 0 Å². The number of hydrogen-bond acceptors (Lipinski definition) is 3. The Labute approximate surface area is 101 Å². The van der Waals surface area contributed by atoms with E-state index < -0.39 is 0 Å². The molecule has 0 aliphatic heterocycles. The summed E-state index contributed by atoms with van der Waals surface area (Å²) in [6, 6.07) is 10.2. The van der Waals surface area contributed by atoms with Crippen LogP contribution in [0.25, 0.3) is 11.3 Å². The van der Waals surface area contributed by atoms with Gasteiger partial charge in [-0.2, -0.15) is 0 Å². The van der Waals surface area contributed by atoms with Gasteiger partial charge in [0, 0.05) is 24.8 Å². The average Bonchev–Trinajstić information content (AvgIpc) is 2.37. The number of aliphatic hydroxyl groups is 1. The molecule has 0 aliphatic rings. The summed E-state index contributed by atoms with van der Waals surface area (Å²) in [7, 11) is 0. The lowest BCUT2D eigenvalue weighted by atomic mass is 10.1. The van der Waals surface area contributed by atoms with E-state index in [0.717, 1.165) is 23.5 Å². The van der Waals surface area contributed by atoms with Crippen LogP contribution < -0.4 is 0 Å². The monoisotopic (exact) mass is 228 g/mol. The summed E-state index contributed by atoms with van der Waals surface area (Å²) in [5.74, 6) is 0.790. The Morgan fingerprint density at radius 3 is 2.88 bits per heavy atom. The number of rotatable bonds is 4. The van der Waals surface area contributed by atoms with Crippen LogP contribution in [0.1, 0.15) is 17.8 Å². The van der Waals surface area contributed by atoms with Gasteiger partial charge in [-0.3, -0.25) is 0 Å². The predicted molar refractivity (Wildman–Crippen MR) is 67.6 cm³/mol. The molecule has 2 rings (SSSR count). The number of benzene rings is 1. The van der Waals surface area contributed by atoms with Gasteiger partial charge in [-0.25, -0.2) is 9.97 Å². The molecule has 1 aromatic carbocycles. The van der Waals surface area contributed by atoms with E-state index in [0.29, 0.717) is 6.42 Å². The number of hydrogen-bond donors (Lipinski definition) is 1. The van der Waals surface area contributed by atoms with E-state index in [4.69, 9.17) is 5.11 Å². The lowest BCUT2D eigenvalue weighted by molar-refractivity contribution is 0.287. The topological polar surface area (TPSA) is 46.0 Å². The Kier molecular flexibility index (Phi) is 3.83. The van der Waals surface area contributed by atoms with Gasteiger partial charge in [-0.15, -0.1) is 0 Å². The van der Waals surface area contributed by atoms with Crippen LogP contribution in [0.15, 0.2) is 36.5 Å². The maximum atomic E-state index is 8.79. The molecule has 0 aliphatic carbocycles. The molecule has 0 fully saturated rings. The minimum Gasteiger partial charge on any atom is -0.396 e. The summed E-state index contributed by atoms with van der Waals surface area (Å²) in [5.41, 5.74) is 3.27. The molecule has 0 spiro atoms. The molecule has 0 atom stereocenters. The van der Waals surface area contributed by atoms with Crippen molar-refractivity contribution in [1.82, 2.24) is 9.97 Å². The molecule has 0 saturated carbocycles. The minimum atomic E-state index is 0.179. The van der Waals surface area contributed by atoms with Gasteiger partial charge in [0.1, 0.15) is 5.82 Å². The number of aromatic nitrogens is 2. The smallest absolute Gasteiger partial charge is 0.129 e. The van der Waals surface area contributed by atoms with Crippen LogP contribution in [0.4, 0.5) is 0 Å². The average molecular weight is 228 g/mol. The highest BCUT2D eigenvalue weighted by atomic mass is 16.2. The Bertz CT molecular complexity index is 497. The van der Waals surface area contributed by atoms with Crippen molar-refractivity contribution in [2.75, 3.05) is 6.61 Å². The number of aliphatic hydroxyl groups excluding tert-OH is 1. The highest BCUT2D eigenvalue weighted by molar-refractivity contribution is 5.59. The summed E-state index contributed by atoms with van der Waals surface area (Å²) < 4.78 is 0. The molecular weight excluding hydrogens is 212 g/mol. The van der Waals surface area contributed by atoms with Crippen LogP contribution in [0.2, 0.25) is 0 Å². The highest BCUT2D eigenvalue weighted by Crippen LogP contribution is 2.17. The zero-order chi connectivity index (χ0) is 12.1. The Hall–Kier alpha value is -1.74. The zero-order valence-corrected chi connectivity index (χ0v) is 9.93. The number of aryl methyl sites for hydroxylation is 2. The van der Waals surface area contributed by atoms with Gasteiger partial charge in [0.05, 0.1) is 5.69 Å². The van der Waals surface area contributed by atoms with Crippen LogP contribution in [-0.4, -0.2) is 21.7 Å². The predicted octanol–water partition coefficient (Wildman–Crippen LogP) is 2.38. The molecule has 1 N–H and O–H groups in total. The van der Waals surface area contributed by atoms with Crippen LogP contribution in [0, 0.1) is 6.92 Å². The van der Waals surface area contributed by atoms with Gasteiger partial charge >= 0.3 is 0 Å². The van der Waals surface area contributed by atoms with Crippen molar-refractivity contribution >= 4 is 0 Å². The zero-order valence-electron chi connectivity index (χ0n) is 9.93. The Morgan fingerprint density at radius 2 is 2.12 bits per heavy atom. The first kappa shape index (κ1) is 11.7. The second-order valence-corrected chi connectivity index (χ2v) is 4.05. The molecular formula is C14H16N2O. The van der Waals surface area contributed by atoms with E-state index in [-0.39, 0.29) is 6.61 Å². The fourth-order valence-corrected chi connectivity index (χ4v) is 1.72. The molecule has 0 radical (unpaired) electrons. The van der Waals surface area contributed by atoms with Gasteiger partial charge in [-0.1, -0.05) is 23.8 Å². The maximum Gasteiger partial charge on any atom is 0.129 e. The lowest BCUT2D eigenvalue weighted by Gasteiger charge is -2.04. The second-order valence-electron chi connectivity index (χ2n) is 4.05. The maximum absolute atomic E-state index is 8.79. The van der Waals surface area contributed by atoms with Crippen molar-refractivity contribution in [3.05, 3.63) is 47.9 Å². The molecule has 17 heavy (non-hydrogen) atoms. The molecule has 2 aromatic rings.